The van der Waals surface area contributed by atoms with Gasteiger partial charge in [-0.25, -0.2) is 4.39 Å². The van der Waals surface area contributed by atoms with Crippen molar-refractivity contribution in [2.45, 2.75) is 12.4 Å². The van der Waals surface area contributed by atoms with Crippen molar-refractivity contribution in [2.24, 2.45) is 0 Å². The molecule has 0 amide bonds. The van der Waals surface area contributed by atoms with Gasteiger partial charge in [0, 0.05) is 0 Å². The molecule has 0 aliphatic carbocycles. The molecule has 4 nitrogen and oxygen atoms in total. The van der Waals surface area contributed by atoms with Gasteiger partial charge in [-0.2, -0.15) is 14.0 Å². The summed E-state index contributed by atoms with van der Waals surface area (Å²) in [6.45, 7) is 0. The standard InChI is InChI=1S/C9H5BrF3NO3/c10-6-4(3-14)1-2-5(7(6)11)17-9(12,13)8(15)16/h1-2,8,15-16H. The van der Waals surface area contributed by atoms with Crippen molar-refractivity contribution in [2.75, 3.05) is 0 Å². The average Bonchev–Trinajstić information content (AvgIpc) is 2.25. The van der Waals surface area contributed by atoms with E-state index in [4.69, 9.17) is 15.5 Å². The second-order valence-electron chi connectivity index (χ2n) is 2.89. The molecule has 0 radical (unpaired) electrons. The zero-order valence-electron chi connectivity index (χ0n) is 7.99. The van der Waals surface area contributed by atoms with Gasteiger partial charge < -0.3 is 14.9 Å². The summed E-state index contributed by atoms with van der Waals surface area (Å²) in [5.74, 6) is -2.14. The van der Waals surface area contributed by atoms with E-state index in [-0.39, 0.29) is 10.0 Å². The van der Waals surface area contributed by atoms with E-state index in [9.17, 15) is 13.2 Å². The normalized spacial score (nSPS) is 11.4. The van der Waals surface area contributed by atoms with Crippen LogP contribution in [0.1, 0.15) is 5.56 Å². The van der Waals surface area contributed by atoms with Gasteiger partial charge in [-0.1, -0.05) is 0 Å². The van der Waals surface area contributed by atoms with Crippen LogP contribution in [0, 0.1) is 17.1 Å². The lowest BCUT2D eigenvalue weighted by Gasteiger charge is -2.19. The third-order valence-corrected chi connectivity index (χ3v) is 2.49. The van der Waals surface area contributed by atoms with Crippen LogP contribution in [0.15, 0.2) is 16.6 Å². The van der Waals surface area contributed by atoms with Crippen LogP contribution < -0.4 is 4.74 Å². The van der Waals surface area contributed by atoms with Crippen molar-refractivity contribution >= 4 is 15.9 Å². The highest BCUT2D eigenvalue weighted by Gasteiger charge is 2.41. The summed E-state index contributed by atoms with van der Waals surface area (Å²) in [7, 11) is 0. The molecule has 92 valence electrons. The van der Waals surface area contributed by atoms with Gasteiger partial charge in [0.1, 0.15) is 6.07 Å². The Morgan fingerprint density at radius 3 is 2.47 bits per heavy atom. The van der Waals surface area contributed by atoms with Crippen LogP contribution in [0.2, 0.25) is 0 Å². The first-order chi connectivity index (χ1) is 7.79. The molecule has 0 spiro atoms. The van der Waals surface area contributed by atoms with E-state index in [1.165, 1.54) is 0 Å². The lowest BCUT2D eigenvalue weighted by Crippen LogP contribution is -2.39. The molecular weight excluding hydrogens is 307 g/mol. The van der Waals surface area contributed by atoms with Crippen LogP contribution in [-0.2, 0) is 0 Å². The molecule has 0 heterocycles. The van der Waals surface area contributed by atoms with Crippen molar-refractivity contribution in [3.8, 4) is 11.8 Å². The number of aliphatic hydroxyl groups is 2. The second kappa shape index (κ2) is 4.91. The Balaban J connectivity index is 3.11. The molecule has 17 heavy (non-hydrogen) atoms. The van der Waals surface area contributed by atoms with E-state index < -0.39 is 24.0 Å². The Labute approximate surface area is 102 Å². The van der Waals surface area contributed by atoms with Gasteiger partial charge in [0.05, 0.1) is 10.0 Å². The smallest absolute Gasteiger partial charge is 0.426 e. The first-order valence-electron chi connectivity index (χ1n) is 4.10. The molecule has 0 saturated carbocycles. The number of hydrogen-bond acceptors (Lipinski definition) is 4. The van der Waals surface area contributed by atoms with E-state index in [0.29, 0.717) is 0 Å². The van der Waals surface area contributed by atoms with Gasteiger partial charge in [0.25, 0.3) is 6.29 Å². The van der Waals surface area contributed by atoms with Crippen molar-refractivity contribution in [3.05, 3.63) is 28.0 Å². The molecule has 1 aromatic rings. The molecule has 2 N–H and O–H groups in total. The highest BCUT2D eigenvalue weighted by molar-refractivity contribution is 9.10. The lowest BCUT2D eigenvalue weighted by atomic mass is 10.2. The molecule has 0 bridgehead atoms. The highest BCUT2D eigenvalue weighted by Crippen LogP contribution is 2.32. The topological polar surface area (TPSA) is 73.5 Å². The van der Waals surface area contributed by atoms with Crippen LogP contribution in [0.25, 0.3) is 0 Å². The van der Waals surface area contributed by atoms with Gasteiger partial charge in [-0.3, -0.25) is 0 Å². The third kappa shape index (κ3) is 2.88. The maximum absolute atomic E-state index is 13.4. The molecule has 0 fully saturated rings. The van der Waals surface area contributed by atoms with Crippen molar-refractivity contribution in [3.63, 3.8) is 0 Å². The maximum Gasteiger partial charge on any atom is 0.450 e. The molecule has 0 aliphatic rings. The van der Waals surface area contributed by atoms with Crippen molar-refractivity contribution in [1.82, 2.24) is 0 Å². The molecule has 0 saturated heterocycles. The largest absolute Gasteiger partial charge is 0.450 e. The first kappa shape index (κ1) is 13.8. The summed E-state index contributed by atoms with van der Waals surface area (Å²) in [6.07, 6.45) is -7.44. The Kier molecular flexibility index (Phi) is 3.98. The van der Waals surface area contributed by atoms with Crippen LogP contribution in [0.4, 0.5) is 13.2 Å². The molecule has 1 aromatic carbocycles. The van der Waals surface area contributed by atoms with Gasteiger partial charge in [0.2, 0.25) is 0 Å². The van der Waals surface area contributed by atoms with Gasteiger partial charge in [-0.15, -0.1) is 0 Å². The number of aliphatic hydroxyl groups excluding tert-OH is 1. The fourth-order valence-electron chi connectivity index (χ4n) is 0.896. The SMILES string of the molecule is N#Cc1ccc(OC(F)(F)C(O)O)c(F)c1Br. The number of hydrogen-bond donors (Lipinski definition) is 2. The minimum absolute atomic E-state index is 0.109. The lowest BCUT2D eigenvalue weighted by molar-refractivity contribution is -0.302. The predicted molar refractivity (Wildman–Crippen MR) is 52.6 cm³/mol. The van der Waals surface area contributed by atoms with Crippen LogP contribution >= 0.6 is 15.9 Å². The number of benzene rings is 1. The number of rotatable bonds is 3. The monoisotopic (exact) mass is 311 g/mol. The van der Waals surface area contributed by atoms with E-state index in [0.717, 1.165) is 12.1 Å². The van der Waals surface area contributed by atoms with E-state index in [1.54, 1.807) is 6.07 Å². The molecular formula is C9H5BrF3NO3. The van der Waals surface area contributed by atoms with Crippen LogP contribution in [0.3, 0.4) is 0 Å². The Hall–Kier alpha value is -1.30. The molecule has 8 heteroatoms. The summed E-state index contributed by atoms with van der Waals surface area (Å²) in [6, 6.07) is 3.45. The molecule has 0 aliphatic heterocycles. The van der Waals surface area contributed by atoms with Gasteiger partial charge in [0.15, 0.2) is 11.6 Å². The zero-order chi connectivity index (χ0) is 13.2. The number of alkyl halides is 2. The quantitative estimate of drug-likeness (QED) is 0.834. The molecule has 0 atom stereocenters. The van der Waals surface area contributed by atoms with Gasteiger partial charge >= 0.3 is 6.11 Å². The van der Waals surface area contributed by atoms with Crippen molar-refractivity contribution in [1.29, 1.82) is 5.26 Å². The summed E-state index contributed by atoms with van der Waals surface area (Å²) < 4.78 is 42.4. The van der Waals surface area contributed by atoms with E-state index >= 15 is 0 Å². The molecule has 0 unspecified atom stereocenters. The third-order valence-electron chi connectivity index (χ3n) is 1.71. The molecule has 1 rings (SSSR count). The Bertz CT molecular complexity index is 473. The minimum atomic E-state index is -4.35. The summed E-state index contributed by atoms with van der Waals surface area (Å²) >= 11 is 2.69. The van der Waals surface area contributed by atoms with Crippen LogP contribution in [0.5, 0.6) is 5.75 Å². The van der Waals surface area contributed by atoms with E-state index in [2.05, 4.69) is 20.7 Å². The Morgan fingerprint density at radius 2 is 2.00 bits per heavy atom. The highest BCUT2D eigenvalue weighted by atomic mass is 79.9. The summed E-state index contributed by atoms with van der Waals surface area (Å²) in [5.41, 5.74) is -0.109. The van der Waals surface area contributed by atoms with Gasteiger partial charge in [-0.05, 0) is 28.1 Å². The number of ether oxygens (including phenoxy) is 1. The minimum Gasteiger partial charge on any atom is -0.426 e. The fourth-order valence-corrected chi connectivity index (χ4v) is 1.31. The zero-order valence-corrected chi connectivity index (χ0v) is 9.58. The number of nitrogens with zero attached hydrogens (tertiary/aromatic N) is 1. The average molecular weight is 312 g/mol. The second-order valence-corrected chi connectivity index (χ2v) is 3.68. The summed E-state index contributed by atoms with van der Waals surface area (Å²) in [4.78, 5) is 0. The maximum atomic E-state index is 13.4. The molecule has 0 aromatic heterocycles. The number of halogens is 4. The summed E-state index contributed by atoms with van der Waals surface area (Å²) in [5, 5.41) is 25.1. The predicted octanol–water partition coefficient (Wildman–Crippen LogP) is 1.74. The first-order valence-corrected chi connectivity index (χ1v) is 4.90. The van der Waals surface area contributed by atoms with Crippen LogP contribution in [-0.4, -0.2) is 22.6 Å². The van der Waals surface area contributed by atoms with Crippen molar-refractivity contribution < 1.29 is 28.1 Å². The Morgan fingerprint density at radius 1 is 1.41 bits per heavy atom. The van der Waals surface area contributed by atoms with E-state index in [1.807, 2.05) is 0 Å². The fraction of sp³-hybridized carbons (Fsp3) is 0.222. The number of nitriles is 1.